The molecule has 0 aliphatic carbocycles. The molecule has 0 aliphatic heterocycles. The van der Waals surface area contributed by atoms with E-state index in [1.165, 1.54) is 0 Å². The summed E-state index contributed by atoms with van der Waals surface area (Å²) in [7, 11) is 0. The van der Waals surface area contributed by atoms with Gasteiger partial charge in [-0.15, -0.1) is 34.0 Å². The monoisotopic (exact) mass is 353 g/mol. The second-order valence-corrected chi connectivity index (χ2v) is 3.18. The van der Waals surface area contributed by atoms with Crippen LogP contribution in [0.15, 0.2) is 18.2 Å². The van der Waals surface area contributed by atoms with Gasteiger partial charge >= 0.3 is 0 Å². The normalized spacial score (nSPS) is 9.12. The van der Waals surface area contributed by atoms with Crippen molar-refractivity contribution >= 4 is 34.0 Å². The van der Waals surface area contributed by atoms with Crippen molar-refractivity contribution in [2.45, 2.75) is 26.9 Å². The lowest BCUT2D eigenvalue weighted by molar-refractivity contribution is 0.682. The molecule has 0 fully saturated rings. The summed E-state index contributed by atoms with van der Waals surface area (Å²) >= 11 is 0. The number of rotatable bonds is 6. The van der Waals surface area contributed by atoms with Gasteiger partial charge in [-0.3, -0.25) is 4.98 Å². The van der Waals surface area contributed by atoms with Gasteiger partial charge in [0.1, 0.15) is 0 Å². The zero-order chi connectivity index (χ0) is 10.2. The second kappa shape index (κ2) is 11.5. The van der Waals surface area contributed by atoms with E-state index in [4.69, 9.17) is 0 Å². The third-order valence-corrected chi connectivity index (χ3v) is 1.98. The average molecular weight is 355 g/mol. The van der Waals surface area contributed by atoms with Gasteiger partial charge in [-0.25, -0.2) is 0 Å². The fourth-order valence-electron chi connectivity index (χ4n) is 1.23. The molecule has 0 aromatic carbocycles. The van der Waals surface area contributed by atoms with Crippen molar-refractivity contribution in [3.63, 3.8) is 0 Å². The quantitative estimate of drug-likeness (QED) is 0.823. The van der Waals surface area contributed by atoms with Crippen LogP contribution >= 0.6 is 34.0 Å². The molecule has 0 radical (unpaired) electrons. The predicted molar refractivity (Wildman–Crippen MR) is 79.6 cm³/mol. The Kier molecular flexibility index (Phi) is 13.2. The number of nitrogens with one attached hydrogen (secondary N) is 2. The van der Waals surface area contributed by atoms with Crippen LogP contribution < -0.4 is 10.6 Å². The number of hydrogen-bond acceptors (Lipinski definition) is 3. The number of hydrogen-bond donors (Lipinski definition) is 2. The molecule has 0 bridgehead atoms. The molecule has 5 heteroatoms. The van der Waals surface area contributed by atoms with Crippen molar-refractivity contribution in [3.8, 4) is 0 Å². The summed E-state index contributed by atoms with van der Waals surface area (Å²) in [6, 6.07) is 6.17. The van der Waals surface area contributed by atoms with Gasteiger partial charge in [0.05, 0.1) is 11.4 Å². The SMILES string of the molecule is Br.Br.CCNCc1cccc(CNCC)n1. The molecule has 1 aromatic heterocycles. The molecule has 0 atom stereocenters. The minimum absolute atomic E-state index is 0. The van der Waals surface area contributed by atoms with E-state index < -0.39 is 0 Å². The Hall–Kier alpha value is 0.0300. The summed E-state index contributed by atoms with van der Waals surface area (Å²) in [5, 5.41) is 6.53. The van der Waals surface area contributed by atoms with Crippen LogP contribution in [-0.4, -0.2) is 18.1 Å². The molecule has 0 unspecified atom stereocenters. The highest BCUT2D eigenvalue weighted by Crippen LogP contribution is 1.98. The molecular formula is C11H21Br2N3. The number of nitrogens with zero attached hydrogens (tertiary/aromatic N) is 1. The van der Waals surface area contributed by atoms with E-state index in [2.05, 4.69) is 47.7 Å². The van der Waals surface area contributed by atoms with E-state index in [1.807, 2.05) is 0 Å². The maximum Gasteiger partial charge on any atom is 0.0545 e. The molecule has 0 spiro atoms. The average Bonchev–Trinajstić information content (AvgIpc) is 2.24. The van der Waals surface area contributed by atoms with Crippen molar-refractivity contribution < 1.29 is 0 Å². The second-order valence-electron chi connectivity index (χ2n) is 3.18. The molecule has 0 aliphatic rings. The molecule has 1 aromatic rings. The van der Waals surface area contributed by atoms with E-state index in [-0.39, 0.29) is 34.0 Å². The van der Waals surface area contributed by atoms with Crippen LogP contribution in [0, 0.1) is 0 Å². The molecule has 0 saturated carbocycles. The Morgan fingerprint density at radius 1 is 0.938 bits per heavy atom. The summed E-state index contributed by atoms with van der Waals surface area (Å²) in [4.78, 5) is 4.52. The van der Waals surface area contributed by atoms with Gasteiger partial charge in [0.25, 0.3) is 0 Å². The van der Waals surface area contributed by atoms with Gasteiger partial charge in [0.2, 0.25) is 0 Å². The molecule has 1 heterocycles. The smallest absolute Gasteiger partial charge is 0.0545 e. The minimum Gasteiger partial charge on any atom is -0.311 e. The van der Waals surface area contributed by atoms with Gasteiger partial charge in [0.15, 0.2) is 0 Å². The Morgan fingerprint density at radius 3 is 1.75 bits per heavy atom. The largest absolute Gasteiger partial charge is 0.311 e. The van der Waals surface area contributed by atoms with Crippen LogP contribution in [0.25, 0.3) is 0 Å². The fraction of sp³-hybridized carbons (Fsp3) is 0.545. The highest BCUT2D eigenvalue weighted by atomic mass is 79.9. The van der Waals surface area contributed by atoms with E-state index in [0.717, 1.165) is 37.6 Å². The van der Waals surface area contributed by atoms with Crippen molar-refractivity contribution in [1.82, 2.24) is 15.6 Å². The Morgan fingerprint density at radius 2 is 1.38 bits per heavy atom. The van der Waals surface area contributed by atoms with Crippen molar-refractivity contribution in [3.05, 3.63) is 29.6 Å². The van der Waals surface area contributed by atoms with Gasteiger partial charge < -0.3 is 10.6 Å². The van der Waals surface area contributed by atoms with E-state index in [1.54, 1.807) is 0 Å². The summed E-state index contributed by atoms with van der Waals surface area (Å²) in [6.07, 6.45) is 0. The molecule has 0 amide bonds. The Labute approximate surface area is 119 Å². The minimum atomic E-state index is 0. The Bertz CT molecular complexity index is 246. The first-order chi connectivity index (χ1) is 6.86. The first-order valence-electron chi connectivity index (χ1n) is 5.23. The topological polar surface area (TPSA) is 37.0 Å². The zero-order valence-electron chi connectivity index (χ0n) is 9.82. The summed E-state index contributed by atoms with van der Waals surface area (Å²) in [5.41, 5.74) is 2.23. The summed E-state index contributed by atoms with van der Waals surface area (Å²) in [5.74, 6) is 0. The zero-order valence-corrected chi connectivity index (χ0v) is 13.3. The van der Waals surface area contributed by atoms with E-state index >= 15 is 0 Å². The van der Waals surface area contributed by atoms with Crippen molar-refractivity contribution in [1.29, 1.82) is 0 Å². The number of halogens is 2. The summed E-state index contributed by atoms with van der Waals surface area (Å²) in [6.45, 7) is 7.89. The fourth-order valence-corrected chi connectivity index (χ4v) is 1.23. The first kappa shape index (κ1) is 18.4. The molecule has 1 rings (SSSR count). The van der Waals surface area contributed by atoms with Crippen molar-refractivity contribution in [2.24, 2.45) is 0 Å². The lowest BCUT2D eigenvalue weighted by Crippen LogP contribution is -2.16. The number of pyridine rings is 1. The third-order valence-electron chi connectivity index (χ3n) is 1.98. The Balaban J connectivity index is 0. The van der Waals surface area contributed by atoms with Crippen LogP contribution in [0.5, 0.6) is 0 Å². The van der Waals surface area contributed by atoms with Gasteiger partial charge in [-0.2, -0.15) is 0 Å². The van der Waals surface area contributed by atoms with E-state index in [0.29, 0.717) is 0 Å². The maximum atomic E-state index is 4.52. The van der Waals surface area contributed by atoms with Crippen LogP contribution in [0.2, 0.25) is 0 Å². The molecule has 94 valence electrons. The van der Waals surface area contributed by atoms with Gasteiger partial charge in [0, 0.05) is 13.1 Å². The summed E-state index contributed by atoms with van der Waals surface area (Å²) < 4.78 is 0. The molecule has 0 saturated heterocycles. The molecule has 16 heavy (non-hydrogen) atoms. The number of aromatic nitrogens is 1. The molecular weight excluding hydrogens is 334 g/mol. The standard InChI is InChI=1S/C11H19N3.2BrH/c1-3-12-8-10-6-5-7-11(14-10)9-13-4-2;;/h5-7,12-13H,3-4,8-9H2,1-2H3;2*1H. The van der Waals surface area contributed by atoms with Gasteiger partial charge in [-0.05, 0) is 25.2 Å². The maximum absolute atomic E-state index is 4.52. The van der Waals surface area contributed by atoms with E-state index in [9.17, 15) is 0 Å². The third kappa shape index (κ3) is 7.33. The van der Waals surface area contributed by atoms with Crippen molar-refractivity contribution in [2.75, 3.05) is 13.1 Å². The lowest BCUT2D eigenvalue weighted by atomic mass is 10.3. The first-order valence-corrected chi connectivity index (χ1v) is 5.23. The molecule has 3 nitrogen and oxygen atoms in total. The van der Waals surface area contributed by atoms with Crippen LogP contribution in [-0.2, 0) is 13.1 Å². The lowest BCUT2D eigenvalue weighted by Gasteiger charge is -2.05. The molecule has 2 N–H and O–H groups in total. The highest BCUT2D eigenvalue weighted by Gasteiger charge is 1.96. The van der Waals surface area contributed by atoms with Crippen LogP contribution in [0.1, 0.15) is 25.2 Å². The van der Waals surface area contributed by atoms with Crippen LogP contribution in [0.3, 0.4) is 0 Å². The van der Waals surface area contributed by atoms with Gasteiger partial charge in [-0.1, -0.05) is 19.9 Å². The predicted octanol–water partition coefficient (Wildman–Crippen LogP) is 2.46. The highest BCUT2D eigenvalue weighted by molar-refractivity contribution is 8.93. The van der Waals surface area contributed by atoms with Crippen LogP contribution in [0.4, 0.5) is 0 Å².